The van der Waals surface area contributed by atoms with E-state index in [0.717, 1.165) is 12.1 Å². The van der Waals surface area contributed by atoms with Crippen molar-refractivity contribution in [1.29, 1.82) is 0 Å². The number of nitro groups is 1. The van der Waals surface area contributed by atoms with E-state index in [1.807, 2.05) is 11.8 Å². The molecule has 21 heavy (non-hydrogen) atoms. The van der Waals surface area contributed by atoms with Crippen LogP contribution in [0.5, 0.6) is 0 Å². The second-order valence-corrected chi connectivity index (χ2v) is 6.10. The molecule has 2 fully saturated rings. The maximum Gasteiger partial charge on any atom is 0.269 e. The molecule has 1 saturated heterocycles. The minimum Gasteiger partial charge on any atom is -0.321 e. The molecule has 112 valence electrons. The molecule has 0 bridgehead atoms. The summed E-state index contributed by atoms with van der Waals surface area (Å²) in [4.78, 5) is 24.5. The van der Waals surface area contributed by atoms with Crippen LogP contribution >= 0.6 is 0 Å². The quantitative estimate of drug-likeness (QED) is 0.680. The number of hydrogen-bond acceptors (Lipinski definition) is 4. The number of rotatable bonds is 4. The van der Waals surface area contributed by atoms with Crippen LogP contribution < -0.4 is 5.32 Å². The minimum atomic E-state index is -0.413. The van der Waals surface area contributed by atoms with E-state index in [0.29, 0.717) is 11.8 Å². The Kier molecular flexibility index (Phi) is 3.41. The average Bonchev–Trinajstić information content (AvgIpc) is 3.09. The Bertz CT molecular complexity index is 572. The van der Waals surface area contributed by atoms with Crippen molar-refractivity contribution in [2.75, 3.05) is 6.54 Å². The van der Waals surface area contributed by atoms with Crippen LogP contribution in [0, 0.1) is 22.0 Å². The predicted octanol–water partition coefficient (Wildman–Crippen LogP) is 2.07. The van der Waals surface area contributed by atoms with Crippen molar-refractivity contribution < 1.29 is 9.72 Å². The highest BCUT2D eigenvalue weighted by Gasteiger charge is 2.42. The first-order chi connectivity index (χ1) is 9.97. The van der Waals surface area contributed by atoms with Crippen LogP contribution in [0.2, 0.25) is 0 Å². The fourth-order valence-corrected chi connectivity index (χ4v) is 2.93. The zero-order valence-electron chi connectivity index (χ0n) is 12.2. The van der Waals surface area contributed by atoms with Gasteiger partial charge in [0.2, 0.25) is 5.91 Å². The van der Waals surface area contributed by atoms with Gasteiger partial charge in [-0.1, -0.05) is 6.92 Å². The zero-order valence-corrected chi connectivity index (χ0v) is 12.2. The topological polar surface area (TPSA) is 75.5 Å². The zero-order chi connectivity index (χ0) is 15.1. The van der Waals surface area contributed by atoms with Crippen LogP contribution in [-0.4, -0.2) is 28.3 Å². The number of hydrogen-bond donors (Lipinski definition) is 1. The van der Waals surface area contributed by atoms with E-state index in [1.165, 1.54) is 18.6 Å². The van der Waals surface area contributed by atoms with Gasteiger partial charge in [0.25, 0.3) is 5.69 Å². The smallest absolute Gasteiger partial charge is 0.269 e. The number of non-ortho nitro benzene ring substituents is 1. The third-order valence-electron chi connectivity index (χ3n) is 4.50. The van der Waals surface area contributed by atoms with Crippen molar-refractivity contribution in [3.63, 3.8) is 0 Å². The van der Waals surface area contributed by atoms with Crippen LogP contribution in [0.25, 0.3) is 0 Å². The molecule has 4 atom stereocenters. The molecule has 1 aliphatic heterocycles. The number of carbonyl (C=O) groups is 1. The van der Waals surface area contributed by atoms with Gasteiger partial charge in [-0.15, -0.1) is 0 Å². The first kappa shape index (κ1) is 14.0. The van der Waals surface area contributed by atoms with Gasteiger partial charge in [-0.2, -0.15) is 0 Å². The second-order valence-electron chi connectivity index (χ2n) is 6.10. The maximum absolute atomic E-state index is 12.3. The van der Waals surface area contributed by atoms with Gasteiger partial charge < -0.3 is 4.90 Å². The lowest BCUT2D eigenvalue weighted by Crippen LogP contribution is -2.32. The monoisotopic (exact) mass is 289 g/mol. The van der Waals surface area contributed by atoms with Gasteiger partial charge in [-0.05, 0) is 42.9 Å². The van der Waals surface area contributed by atoms with E-state index in [1.54, 1.807) is 12.1 Å². The molecule has 1 amide bonds. The van der Waals surface area contributed by atoms with Crippen molar-refractivity contribution in [2.24, 2.45) is 11.8 Å². The fraction of sp³-hybridized carbons (Fsp3) is 0.533. The SMILES string of the molecule is CC1NC(c2ccc([N+](=O)[O-])cc2)N(CC2CC2C)C1=O. The Labute approximate surface area is 123 Å². The van der Waals surface area contributed by atoms with Crippen LogP contribution in [0.15, 0.2) is 24.3 Å². The third-order valence-corrected chi connectivity index (χ3v) is 4.50. The molecule has 0 aromatic heterocycles. The number of carbonyl (C=O) groups excluding carboxylic acids is 1. The van der Waals surface area contributed by atoms with Gasteiger partial charge in [0, 0.05) is 18.7 Å². The third kappa shape index (κ3) is 2.63. The summed E-state index contributed by atoms with van der Waals surface area (Å²) in [6.07, 6.45) is 0.992. The van der Waals surface area contributed by atoms with Crippen LogP contribution in [0.1, 0.15) is 32.0 Å². The lowest BCUT2D eigenvalue weighted by atomic mass is 10.1. The molecule has 1 N–H and O–H groups in total. The predicted molar refractivity (Wildman–Crippen MR) is 77.4 cm³/mol. The summed E-state index contributed by atoms with van der Waals surface area (Å²) in [5, 5.41) is 14.0. The van der Waals surface area contributed by atoms with Crippen molar-refractivity contribution >= 4 is 11.6 Å². The van der Waals surface area contributed by atoms with Crippen LogP contribution in [0.3, 0.4) is 0 Å². The molecule has 1 aliphatic carbocycles. The Morgan fingerprint density at radius 3 is 2.48 bits per heavy atom. The molecule has 6 nitrogen and oxygen atoms in total. The van der Waals surface area contributed by atoms with E-state index >= 15 is 0 Å². The normalized spacial score (nSPS) is 31.5. The summed E-state index contributed by atoms with van der Waals surface area (Å²) in [5.41, 5.74) is 0.963. The molecule has 1 aromatic rings. The van der Waals surface area contributed by atoms with Crippen molar-refractivity contribution in [3.05, 3.63) is 39.9 Å². The highest BCUT2D eigenvalue weighted by Crippen LogP contribution is 2.40. The molecule has 0 spiro atoms. The standard InChI is InChI=1S/C15H19N3O3/c1-9-7-12(9)8-17-14(16-10(2)15(17)19)11-3-5-13(6-4-11)18(20)21/h3-6,9-10,12,14,16H,7-8H2,1-2H3. The molecule has 4 unspecified atom stereocenters. The van der Waals surface area contributed by atoms with E-state index in [-0.39, 0.29) is 23.8 Å². The first-order valence-electron chi connectivity index (χ1n) is 7.28. The molecule has 1 heterocycles. The van der Waals surface area contributed by atoms with Gasteiger partial charge in [0.05, 0.1) is 11.0 Å². The highest BCUT2D eigenvalue weighted by atomic mass is 16.6. The van der Waals surface area contributed by atoms with E-state index in [4.69, 9.17) is 0 Å². The van der Waals surface area contributed by atoms with Crippen LogP contribution in [0.4, 0.5) is 5.69 Å². The molecule has 1 saturated carbocycles. The highest BCUT2D eigenvalue weighted by molar-refractivity contribution is 5.84. The molecule has 0 radical (unpaired) electrons. The van der Waals surface area contributed by atoms with Crippen molar-refractivity contribution in [1.82, 2.24) is 10.2 Å². The lowest BCUT2D eigenvalue weighted by Gasteiger charge is -2.24. The van der Waals surface area contributed by atoms with Crippen molar-refractivity contribution in [3.8, 4) is 0 Å². The van der Waals surface area contributed by atoms with E-state index < -0.39 is 4.92 Å². The Morgan fingerprint density at radius 2 is 1.95 bits per heavy atom. The minimum absolute atomic E-state index is 0.0680. The van der Waals surface area contributed by atoms with E-state index in [9.17, 15) is 14.9 Å². The summed E-state index contributed by atoms with van der Waals surface area (Å²) in [6.45, 7) is 4.82. The van der Waals surface area contributed by atoms with Gasteiger partial charge >= 0.3 is 0 Å². The molecule has 2 aliphatic rings. The molecular weight excluding hydrogens is 270 g/mol. The Morgan fingerprint density at radius 1 is 1.33 bits per heavy atom. The first-order valence-corrected chi connectivity index (χ1v) is 7.28. The summed E-state index contributed by atoms with van der Waals surface area (Å²) in [6, 6.07) is 6.22. The average molecular weight is 289 g/mol. The molecule has 6 heteroatoms. The van der Waals surface area contributed by atoms with Gasteiger partial charge in [0.1, 0.15) is 6.17 Å². The summed E-state index contributed by atoms with van der Waals surface area (Å²) in [7, 11) is 0. The summed E-state index contributed by atoms with van der Waals surface area (Å²) in [5.74, 6) is 1.38. The second kappa shape index (κ2) is 5.11. The van der Waals surface area contributed by atoms with Gasteiger partial charge in [-0.3, -0.25) is 20.2 Å². The van der Waals surface area contributed by atoms with Crippen molar-refractivity contribution in [2.45, 2.75) is 32.5 Å². The molecule has 1 aromatic carbocycles. The fourth-order valence-electron chi connectivity index (χ4n) is 2.93. The molecule has 3 rings (SSSR count). The van der Waals surface area contributed by atoms with E-state index in [2.05, 4.69) is 12.2 Å². The summed E-state index contributed by atoms with van der Waals surface area (Å²) < 4.78 is 0. The number of amides is 1. The molecular formula is C15H19N3O3. The number of benzene rings is 1. The number of nitro benzene ring substituents is 1. The number of nitrogens with one attached hydrogen (secondary N) is 1. The lowest BCUT2D eigenvalue weighted by molar-refractivity contribution is -0.384. The van der Waals surface area contributed by atoms with Gasteiger partial charge in [0.15, 0.2) is 0 Å². The van der Waals surface area contributed by atoms with Crippen LogP contribution in [-0.2, 0) is 4.79 Å². The Balaban J connectivity index is 1.81. The summed E-state index contributed by atoms with van der Waals surface area (Å²) >= 11 is 0. The number of nitrogens with zero attached hydrogens (tertiary/aromatic N) is 2. The largest absolute Gasteiger partial charge is 0.321 e. The maximum atomic E-state index is 12.3. The van der Waals surface area contributed by atoms with Gasteiger partial charge in [-0.25, -0.2) is 0 Å². The Hall–Kier alpha value is -1.95.